The van der Waals surface area contributed by atoms with Crippen LogP contribution in [0.5, 0.6) is 11.5 Å². The van der Waals surface area contributed by atoms with Crippen LogP contribution in [-0.2, 0) is 4.79 Å². The third-order valence-electron chi connectivity index (χ3n) is 7.17. The minimum atomic E-state index is -2.89. The van der Waals surface area contributed by atoms with E-state index in [1.807, 2.05) is 19.1 Å². The highest BCUT2D eigenvalue weighted by molar-refractivity contribution is 5.89. The van der Waals surface area contributed by atoms with Crippen molar-refractivity contribution in [2.75, 3.05) is 29.9 Å². The fourth-order valence-electron chi connectivity index (χ4n) is 4.94. The van der Waals surface area contributed by atoms with Crippen molar-refractivity contribution in [2.24, 2.45) is 0 Å². The highest BCUT2D eigenvalue weighted by Gasteiger charge is 2.27. The standard InChI is InChI=1S/C28H25F3N10O2/c1-4-23(42)40-10-9-39(13-15(40)2)22-8-6-19-25(36-22)26(34-14-33-19)35-18-5-7-21(16(3)24(18)29)43-17-11-20-27(32-12-17)41(28(30)31)38-37-20/h4-8,11-12,14-15,28H,1,9-10,13H2,2-3H3,(H,33,34,35)/t15-/m1/s1. The molecular formula is C28H25F3N10O2. The Bertz CT molecular complexity index is 1860. The SMILES string of the molecule is C=CC(=O)N1CCN(c2ccc3ncnc(Nc4ccc(Oc5cnc6c(c5)nnn6C(F)F)c(C)c4F)c3n2)C[C@H]1C. The Kier molecular flexibility index (Phi) is 7.21. The number of hydrogen-bond acceptors (Lipinski definition) is 10. The molecule has 1 saturated heterocycles. The second kappa shape index (κ2) is 11.2. The Morgan fingerprint density at radius 3 is 2.77 bits per heavy atom. The lowest BCUT2D eigenvalue weighted by atomic mass is 10.1. The predicted molar refractivity (Wildman–Crippen MR) is 152 cm³/mol. The smallest absolute Gasteiger partial charge is 0.336 e. The van der Waals surface area contributed by atoms with E-state index in [4.69, 9.17) is 9.72 Å². The van der Waals surface area contributed by atoms with Crippen LogP contribution in [0.25, 0.3) is 22.2 Å². The van der Waals surface area contributed by atoms with Crippen LogP contribution in [0.1, 0.15) is 19.0 Å². The average Bonchev–Trinajstić information content (AvgIpc) is 3.44. The number of fused-ring (bicyclic) bond motifs is 2. The van der Waals surface area contributed by atoms with Gasteiger partial charge in [0.1, 0.15) is 34.7 Å². The number of amides is 1. The van der Waals surface area contributed by atoms with E-state index in [1.54, 1.807) is 17.9 Å². The molecule has 0 saturated carbocycles. The minimum absolute atomic E-state index is 0.0384. The zero-order valence-electron chi connectivity index (χ0n) is 23.1. The van der Waals surface area contributed by atoms with E-state index < -0.39 is 12.4 Å². The molecule has 0 aliphatic carbocycles. The summed E-state index contributed by atoms with van der Waals surface area (Å²) >= 11 is 0. The minimum Gasteiger partial charge on any atom is -0.455 e. The van der Waals surface area contributed by atoms with Gasteiger partial charge in [0.2, 0.25) is 5.91 Å². The molecule has 1 aromatic carbocycles. The van der Waals surface area contributed by atoms with Crippen molar-refractivity contribution in [1.82, 2.24) is 39.8 Å². The quantitative estimate of drug-likeness (QED) is 0.265. The summed E-state index contributed by atoms with van der Waals surface area (Å²) in [5.41, 5.74) is 1.35. The molecule has 1 fully saturated rings. The number of ether oxygens (including phenoxy) is 1. The van der Waals surface area contributed by atoms with E-state index in [0.717, 1.165) is 0 Å². The number of carbonyl (C=O) groups is 1. The summed E-state index contributed by atoms with van der Waals surface area (Å²) in [6, 6.07) is 8.09. The van der Waals surface area contributed by atoms with Gasteiger partial charge in [-0.3, -0.25) is 4.79 Å². The van der Waals surface area contributed by atoms with Crippen molar-refractivity contribution >= 4 is 45.4 Å². The maximum absolute atomic E-state index is 15.6. The highest BCUT2D eigenvalue weighted by Crippen LogP contribution is 2.33. The number of nitrogens with one attached hydrogen (secondary N) is 1. The van der Waals surface area contributed by atoms with Crippen molar-refractivity contribution < 1.29 is 22.7 Å². The molecule has 0 bridgehead atoms. The predicted octanol–water partition coefficient (Wildman–Crippen LogP) is 4.77. The molecule has 0 radical (unpaired) electrons. The molecule has 5 heterocycles. The summed E-state index contributed by atoms with van der Waals surface area (Å²) in [6.45, 7) is 5.89. The number of aromatic nitrogens is 7. The molecule has 4 aromatic heterocycles. The van der Waals surface area contributed by atoms with Crippen LogP contribution in [0.2, 0.25) is 0 Å². The molecule has 1 atom stereocenters. The molecule has 1 aliphatic heterocycles. The van der Waals surface area contributed by atoms with Gasteiger partial charge in [-0.25, -0.2) is 24.3 Å². The van der Waals surface area contributed by atoms with Crippen molar-refractivity contribution in [2.45, 2.75) is 26.4 Å². The van der Waals surface area contributed by atoms with Gasteiger partial charge in [-0.1, -0.05) is 11.8 Å². The fraction of sp³-hybridized carbons (Fsp3) is 0.250. The van der Waals surface area contributed by atoms with Gasteiger partial charge in [-0.15, -0.1) is 5.10 Å². The first kappa shape index (κ1) is 27.8. The Balaban J connectivity index is 1.24. The maximum Gasteiger partial charge on any atom is 0.336 e. The van der Waals surface area contributed by atoms with Gasteiger partial charge in [-0.2, -0.15) is 13.5 Å². The molecule has 220 valence electrons. The number of hydrogen-bond donors (Lipinski definition) is 1. The van der Waals surface area contributed by atoms with Crippen molar-refractivity contribution in [3.63, 3.8) is 0 Å². The summed E-state index contributed by atoms with van der Waals surface area (Å²) in [5.74, 6) is 0.673. The van der Waals surface area contributed by atoms with E-state index in [1.165, 1.54) is 30.7 Å². The third-order valence-corrected chi connectivity index (χ3v) is 7.17. The second-order valence-corrected chi connectivity index (χ2v) is 9.89. The van der Waals surface area contributed by atoms with E-state index in [0.29, 0.717) is 47.0 Å². The van der Waals surface area contributed by atoms with Crippen molar-refractivity contribution in [3.8, 4) is 11.5 Å². The Morgan fingerprint density at radius 1 is 1.16 bits per heavy atom. The van der Waals surface area contributed by atoms with Crippen LogP contribution in [0.3, 0.4) is 0 Å². The number of nitrogens with zero attached hydrogens (tertiary/aromatic N) is 9. The van der Waals surface area contributed by atoms with Crippen molar-refractivity contribution in [3.05, 3.63) is 66.9 Å². The Morgan fingerprint density at radius 2 is 2.00 bits per heavy atom. The zero-order valence-corrected chi connectivity index (χ0v) is 23.1. The van der Waals surface area contributed by atoms with Crippen LogP contribution >= 0.6 is 0 Å². The molecule has 1 amide bonds. The molecule has 43 heavy (non-hydrogen) atoms. The molecule has 5 aromatic rings. The van der Waals surface area contributed by atoms with Gasteiger partial charge in [0, 0.05) is 37.3 Å². The van der Waals surface area contributed by atoms with Gasteiger partial charge in [0.05, 0.1) is 17.4 Å². The number of halogens is 3. The molecule has 0 spiro atoms. The Labute approximate surface area is 242 Å². The van der Waals surface area contributed by atoms with Gasteiger partial charge < -0.3 is 19.9 Å². The van der Waals surface area contributed by atoms with E-state index >= 15 is 4.39 Å². The molecule has 15 heteroatoms. The summed E-state index contributed by atoms with van der Waals surface area (Å²) in [5, 5.41) is 10.1. The average molecular weight is 591 g/mol. The number of carbonyl (C=O) groups excluding carboxylic acids is 1. The number of alkyl halides is 2. The number of piperazine rings is 1. The molecule has 1 N–H and O–H groups in total. The summed E-state index contributed by atoms with van der Waals surface area (Å²) < 4.78 is 47.8. The third kappa shape index (κ3) is 5.24. The zero-order chi connectivity index (χ0) is 30.2. The summed E-state index contributed by atoms with van der Waals surface area (Å²) in [6.07, 6.45) is 3.92. The van der Waals surface area contributed by atoms with Crippen molar-refractivity contribution in [1.29, 1.82) is 0 Å². The number of pyridine rings is 2. The van der Waals surface area contributed by atoms with Gasteiger partial charge in [0.15, 0.2) is 17.3 Å². The van der Waals surface area contributed by atoms with Crippen LogP contribution in [0.15, 0.2) is 55.5 Å². The molecular weight excluding hydrogens is 565 g/mol. The summed E-state index contributed by atoms with van der Waals surface area (Å²) in [4.78, 5) is 33.3. The topological polar surface area (TPSA) is 127 Å². The van der Waals surface area contributed by atoms with E-state index in [2.05, 4.69) is 42.1 Å². The van der Waals surface area contributed by atoms with E-state index in [9.17, 15) is 13.6 Å². The van der Waals surface area contributed by atoms with Gasteiger partial charge in [0.25, 0.3) is 0 Å². The van der Waals surface area contributed by atoms with Crippen LogP contribution < -0.4 is 15.0 Å². The first-order valence-corrected chi connectivity index (χ1v) is 13.3. The lowest BCUT2D eigenvalue weighted by Crippen LogP contribution is -2.53. The van der Waals surface area contributed by atoms with Crippen LogP contribution in [0.4, 0.5) is 30.5 Å². The first-order chi connectivity index (χ1) is 20.7. The van der Waals surface area contributed by atoms with E-state index in [-0.39, 0.29) is 45.9 Å². The summed E-state index contributed by atoms with van der Waals surface area (Å²) in [7, 11) is 0. The molecule has 0 unspecified atom stereocenters. The van der Waals surface area contributed by atoms with Gasteiger partial charge in [-0.05, 0) is 44.2 Å². The Hall–Kier alpha value is -5.34. The lowest BCUT2D eigenvalue weighted by Gasteiger charge is -2.40. The number of benzene rings is 1. The molecule has 12 nitrogen and oxygen atoms in total. The molecule has 1 aliphatic rings. The highest BCUT2D eigenvalue weighted by atomic mass is 19.3. The first-order valence-electron chi connectivity index (χ1n) is 13.3. The van der Waals surface area contributed by atoms with Crippen LogP contribution in [0, 0.1) is 12.7 Å². The fourth-order valence-corrected chi connectivity index (χ4v) is 4.94. The van der Waals surface area contributed by atoms with Crippen LogP contribution in [-0.4, -0.2) is 71.4 Å². The second-order valence-electron chi connectivity index (χ2n) is 9.89. The normalized spacial score (nSPS) is 15.3. The maximum atomic E-state index is 15.6. The monoisotopic (exact) mass is 590 g/mol. The molecule has 6 rings (SSSR count). The number of anilines is 3. The van der Waals surface area contributed by atoms with Gasteiger partial charge >= 0.3 is 6.55 Å². The number of rotatable bonds is 7. The largest absolute Gasteiger partial charge is 0.455 e. The lowest BCUT2D eigenvalue weighted by molar-refractivity contribution is -0.128.